The average molecular weight is 365 g/mol. The highest BCUT2D eigenvalue weighted by atomic mass is 35.5. The van der Waals surface area contributed by atoms with E-state index in [2.05, 4.69) is 4.98 Å². The summed E-state index contributed by atoms with van der Waals surface area (Å²) >= 11 is 7.89. The Hall–Kier alpha value is -1.92. The van der Waals surface area contributed by atoms with Gasteiger partial charge in [0.05, 0.1) is 0 Å². The van der Waals surface area contributed by atoms with E-state index in [4.69, 9.17) is 16.3 Å². The lowest BCUT2D eigenvalue weighted by atomic mass is 10.2. The first-order valence-electron chi connectivity index (χ1n) is 7.61. The summed E-state index contributed by atoms with van der Waals surface area (Å²) in [5.41, 5.74) is 0.761. The van der Waals surface area contributed by atoms with E-state index in [1.54, 1.807) is 11.0 Å². The van der Waals surface area contributed by atoms with E-state index in [0.717, 1.165) is 17.1 Å². The first-order valence-corrected chi connectivity index (χ1v) is 9.14. The van der Waals surface area contributed by atoms with Crippen LogP contribution in [0.5, 0.6) is 5.75 Å². The maximum absolute atomic E-state index is 12.4. The van der Waals surface area contributed by atoms with Gasteiger partial charge in [-0.3, -0.25) is 9.59 Å². The Morgan fingerprint density at radius 1 is 1.29 bits per heavy atom. The molecule has 1 N–H and O–H groups in total. The summed E-state index contributed by atoms with van der Waals surface area (Å²) in [6.07, 6.45) is 1.44. The summed E-state index contributed by atoms with van der Waals surface area (Å²) < 4.78 is 5.53. The number of ether oxygens (including phenoxy) is 1. The molecule has 0 radical (unpaired) electrons. The quantitative estimate of drug-likeness (QED) is 0.906. The third-order valence-corrected chi connectivity index (χ3v) is 5.06. The third-order valence-electron chi connectivity index (χ3n) is 3.75. The zero-order valence-corrected chi connectivity index (χ0v) is 14.5. The second kappa shape index (κ2) is 7.77. The molecule has 2 heterocycles. The lowest BCUT2D eigenvalue weighted by molar-refractivity contribution is 0.0766. The van der Waals surface area contributed by atoms with Crippen molar-refractivity contribution in [3.63, 3.8) is 0 Å². The van der Waals surface area contributed by atoms with Crippen molar-refractivity contribution in [1.82, 2.24) is 9.88 Å². The molecule has 0 spiro atoms. The number of aromatic amines is 1. The van der Waals surface area contributed by atoms with Gasteiger partial charge in [0.2, 0.25) is 5.43 Å². The number of carbonyl (C=O) groups is 1. The van der Waals surface area contributed by atoms with Gasteiger partial charge in [-0.05, 0) is 6.07 Å². The van der Waals surface area contributed by atoms with Crippen LogP contribution in [-0.2, 0) is 6.61 Å². The predicted molar refractivity (Wildman–Crippen MR) is 96.1 cm³/mol. The minimum Gasteiger partial charge on any atom is -0.483 e. The Morgan fingerprint density at radius 2 is 2.04 bits per heavy atom. The van der Waals surface area contributed by atoms with Crippen molar-refractivity contribution in [2.24, 2.45) is 0 Å². The van der Waals surface area contributed by atoms with Crippen LogP contribution in [0.3, 0.4) is 0 Å². The van der Waals surface area contributed by atoms with Gasteiger partial charge in [0, 0.05) is 47.4 Å². The lowest BCUT2D eigenvalue weighted by Crippen LogP contribution is -2.38. The van der Waals surface area contributed by atoms with Crippen molar-refractivity contribution in [1.29, 1.82) is 0 Å². The highest BCUT2D eigenvalue weighted by molar-refractivity contribution is 7.99. The molecule has 0 unspecified atom stereocenters. The summed E-state index contributed by atoms with van der Waals surface area (Å²) in [5.74, 6) is 1.87. The van der Waals surface area contributed by atoms with Crippen LogP contribution < -0.4 is 10.2 Å². The van der Waals surface area contributed by atoms with Crippen molar-refractivity contribution >= 4 is 29.3 Å². The van der Waals surface area contributed by atoms with Crippen LogP contribution in [0, 0.1) is 0 Å². The summed E-state index contributed by atoms with van der Waals surface area (Å²) in [5, 5.41) is 0.587. The van der Waals surface area contributed by atoms with Gasteiger partial charge in [-0.15, -0.1) is 0 Å². The molecule has 0 atom stereocenters. The highest BCUT2D eigenvalue weighted by Crippen LogP contribution is 2.17. The molecular formula is C17H17ClN2O3S. The maximum atomic E-state index is 12.4. The third kappa shape index (κ3) is 3.94. The molecule has 1 fully saturated rings. The number of thioether (sulfide) groups is 1. The smallest absolute Gasteiger partial charge is 0.270 e. The normalized spacial score (nSPS) is 14.5. The zero-order valence-electron chi connectivity index (χ0n) is 13.0. The van der Waals surface area contributed by atoms with Gasteiger partial charge in [0.25, 0.3) is 5.91 Å². The largest absolute Gasteiger partial charge is 0.483 e. The number of amides is 1. The first-order chi connectivity index (χ1) is 11.6. The molecule has 3 rings (SSSR count). The van der Waals surface area contributed by atoms with Gasteiger partial charge in [-0.25, -0.2) is 0 Å². The van der Waals surface area contributed by atoms with E-state index < -0.39 is 0 Å². The number of nitrogens with zero attached hydrogens (tertiary/aromatic N) is 1. The van der Waals surface area contributed by atoms with Crippen LogP contribution in [0.15, 0.2) is 41.3 Å². The minimum atomic E-state index is -0.324. The molecular weight excluding hydrogens is 348 g/mol. The van der Waals surface area contributed by atoms with E-state index in [1.807, 2.05) is 30.0 Å². The maximum Gasteiger partial charge on any atom is 0.270 e. The topological polar surface area (TPSA) is 62.4 Å². The number of pyridine rings is 1. The Bertz CT molecular complexity index is 787. The molecule has 1 saturated heterocycles. The Balaban J connectivity index is 1.69. The number of aromatic nitrogens is 1. The fourth-order valence-electron chi connectivity index (χ4n) is 2.40. The molecule has 0 saturated carbocycles. The second-order valence-corrected chi connectivity index (χ2v) is 6.99. The number of carbonyl (C=O) groups excluding carboxylic acids is 1. The van der Waals surface area contributed by atoms with Crippen LogP contribution in [0.1, 0.15) is 16.1 Å². The standard InChI is InChI=1S/C17H17ClN2O3S/c18-13-4-2-1-3-12(13)11-23-16-10-19-14(9-15(16)21)17(22)20-5-7-24-8-6-20/h1-4,9-10H,5-8,11H2,(H,19,21). The number of benzene rings is 1. The van der Waals surface area contributed by atoms with Gasteiger partial charge in [-0.1, -0.05) is 29.8 Å². The molecule has 1 aromatic carbocycles. The molecule has 1 aromatic heterocycles. The number of hydrogen-bond donors (Lipinski definition) is 1. The van der Waals surface area contributed by atoms with Gasteiger partial charge in [-0.2, -0.15) is 11.8 Å². The fraction of sp³-hybridized carbons (Fsp3) is 0.294. The summed E-state index contributed by atoms with van der Waals surface area (Å²) in [4.78, 5) is 29.2. The van der Waals surface area contributed by atoms with E-state index >= 15 is 0 Å². The fourth-order valence-corrected chi connectivity index (χ4v) is 3.50. The van der Waals surface area contributed by atoms with Gasteiger partial charge < -0.3 is 14.6 Å². The number of halogens is 1. The number of hydrogen-bond acceptors (Lipinski definition) is 4. The molecule has 1 aliphatic heterocycles. The molecule has 1 amide bonds. The minimum absolute atomic E-state index is 0.148. The van der Waals surface area contributed by atoms with Crippen LogP contribution in [0.2, 0.25) is 5.02 Å². The van der Waals surface area contributed by atoms with E-state index in [-0.39, 0.29) is 29.4 Å². The van der Waals surface area contributed by atoms with E-state index in [0.29, 0.717) is 18.1 Å². The molecule has 5 nitrogen and oxygen atoms in total. The Morgan fingerprint density at radius 3 is 2.75 bits per heavy atom. The van der Waals surface area contributed by atoms with Crippen molar-refractivity contribution in [3.05, 3.63) is 63.0 Å². The van der Waals surface area contributed by atoms with Gasteiger partial charge in [0.15, 0.2) is 5.75 Å². The van der Waals surface area contributed by atoms with E-state index in [9.17, 15) is 9.59 Å². The number of H-pyrrole nitrogens is 1. The van der Waals surface area contributed by atoms with Gasteiger partial charge in [0.1, 0.15) is 12.3 Å². The molecule has 7 heteroatoms. The monoisotopic (exact) mass is 364 g/mol. The van der Waals surface area contributed by atoms with Crippen molar-refractivity contribution in [3.8, 4) is 5.75 Å². The van der Waals surface area contributed by atoms with Crippen LogP contribution in [0.25, 0.3) is 0 Å². The zero-order chi connectivity index (χ0) is 16.9. The van der Waals surface area contributed by atoms with Gasteiger partial charge >= 0.3 is 0 Å². The summed E-state index contributed by atoms with van der Waals surface area (Å²) in [7, 11) is 0. The Kier molecular flexibility index (Phi) is 5.48. The molecule has 2 aromatic rings. The second-order valence-electron chi connectivity index (χ2n) is 5.36. The Labute approximate surface area is 149 Å². The number of nitrogens with one attached hydrogen (secondary N) is 1. The molecule has 0 bridgehead atoms. The lowest BCUT2D eigenvalue weighted by Gasteiger charge is -2.26. The van der Waals surface area contributed by atoms with Crippen LogP contribution in [-0.4, -0.2) is 40.4 Å². The highest BCUT2D eigenvalue weighted by Gasteiger charge is 2.19. The molecule has 24 heavy (non-hydrogen) atoms. The van der Waals surface area contributed by atoms with Crippen molar-refractivity contribution in [2.75, 3.05) is 24.6 Å². The number of rotatable bonds is 4. The van der Waals surface area contributed by atoms with Crippen LogP contribution >= 0.6 is 23.4 Å². The van der Waals surface area contributed by atoms with E-state index in [1.165, 1.54) is 12.3 Å². The molecule has 126 valence electrons. The summed E-state index contributed by atoms with van der Waals surface area (Å²) in [6, 6.07) is 8.59. The van der Waals surface area contributed by atoms with Crippen molar-refractivity contribution < 1.29 is 9.53 Å². The average Bonchev–Trinajstić information content (AvgIpc) is 2.62. The SMILES string of the molecule is O=C(c1cc(=O)c(OCc2ccccc2Cl)c[nH]1)N1CCSCC1. The predicted octanol–water partition coefficient (Wildman–Crippen LogP) is 2.80. The van der Waals surface area contributed by atoms with Crippen LogP contribution in [0.4, 0.5) is 0 Å². The molecule has 1 aliphatic rings. The molecule has 0 aliphatic carbocycles. The first kappa shape index (κ1) is 16.9. The van der Waals surface area contributed by atoms with Crippen molar-refractivity contribution in [2.45, 2.75) is 6.61 Å². The summed E-state index contributed by atoms with van der Waals surface area (Å²) in [6.45, 7) is 1.60.